The second-order valence-corrected chi connectivity index (χ2v) is 6.65. The molecule has 126 valence electrons. The van der Waals surface area contributed by atoms with E-state index in [0.29, 0.717) is 25.0 Å². The molecule has 4 nitrogen and oxygen atoms in total. The summed E-state index contributed by atoms with van der Waals surface area (Å²) in [6.45, 7) is 4.93. The van der Waals surface area contributed by atoms with Crippen molar-refractivity contribution in [2.24, 2.45) is 11.7 Å². The standard InChI is InChI=1S/C20H24N2O2/c21-11-17-13-22(14-18(17)15-5-2-1-3-6-15)12-16-7-4-8-19-20(16)24-10-9-23-19/h1-8,17-18H,9-14,21H2/t17-,18+/m1/s1. The molecule has 0 unspecified atom stereocenters. The molecule has 2 heterocycles. The Morgan fingerprint density at radius 2 is 1.79 bits per heavy atom. The maximum atomic E-state index is 6.06. The molecule has 24 heavy (non-hydrogen) atoms. The van der Waals surface area contributed by atoms with Gasteiger partial charge in [-0.15, -0.1) is 0 Å². The number of nitrogens with zero attached hydrogens (tertiary/aromatic N) is 1. The second kappa shape index (κ2) is 6.83. The maximum absolute atomic E-state index is 6.06. The molecule has 4 heteroatoms. The summed E-state index contributed by atoms with van der Waals surface area (Å²) in [6.07, 6.45) is 0. The summed E-state index contributed by atoms with van der Waals surface area (Å²) in [4.78, 5) is 2.49. The minimum absolute atomic E-state index is 0.504. The van der Waals surface area contributed by atoms with E-state index in [1.54, 1.807) is 0 Å². The highest BCUT2D eigenvalue weighted by molar-refractivity contribution is 5.47. The zero-order valence-corrected chi connectivity index (χ0v) is 13.9. The first-order valence-corrected chi connectivity index (χ1v) is 8.70. The molecule has 2 aliphatic heterocycles. The van der Waals surface area contributed by atoms with E-state index in [1.807, 2.05) is 12.1 Å². The van der Waals surface area contributed by atoms with Crippen LogP contribution in [0.2, 0.25) is 0 Å². The highest BCUT2D eigenvalue weighted by atomic mass is 16.6. The van der Waals surface area contributed by atoms with Gasteiger partial charge in [0.05, 0.1) is 0 Å². The number of rotatable bonds is 4. The molecule has 1 fully saturated rings. The van der Waals surface area contributed by atoms with E-state index in [-0.39, 0.29) is 0 Å². The van der Waals surface area contributed by atoms with Crippen LogP contribution in [0.4, 0.5) is 0 Å². The molecule has 2 N–H and O–H groups in total. The van der Waals surface area contributed by atoms with E-state index in [4.69, 9.17) is 15.2 Å². The van der Waals surface area contributed by atoms with Crippen LogP contribution in [0.1, 0.15) is 17.0 Å². The molecule has 1 saturated heterocycles. The summed E-state index contributed by atoms with van der Waals surface area (Å²) in [5.74, 6) is 2.79. The average Bonchev–Trinajstić information content (AvgIpc) is 3.06. The number of nitrogens with two attached hydrogens (primary N) is 1. The molecule has 2 aromatic carbocycles. The molecular formula is C20H24N2O2. The lowest BCUT2D eigenvalue weighted by atomic mass is 9.89. The molecule has 0 bridgehead atoms. The number of likely N-dealkylation sites (tertiary alicyclic amines) is 1. The average molecular weight is 324 g/mol. The summed E-state index contributed by atoms with van der Waals surface area (Å²) in [5.41, 5.74) is 8.66. The lowest BCUT2D eigenvalue weighted by Crippen LogP contribution is -2.24. The van der Waals surface area contributed by atoms with Gasteiger partial charge in [-0.05, 0) is 24.1 Å². The van der Waals surface area contributed by atoms with Crippen LogP contribution < -0.4 is 15.2 Å². The third-order valence-corrected chi connectivity index (χ3v) is 5.09. The summed E-state index contributed by atoms with van der Waals surface area (Å²) in [7, 11) is 0. The van der Waals surface area contributed by atoms with Crippen LogP contribution in [0.5, 0.6) is 11.5 Å². The van der Waals surface area contributed by atoms with Gasteiger partial charge in [-0.1, -0.05) is 42.5 Å². The van der Waals surface area contributed by atoms with Crippen LogP contribution in [0.25, 0.3) is 0 Å². The molecule has 0 radical (unpaired) electrons. The Morgan fingerprint density at radius 3 is 2.62 bits per heavy atom. The maximum Gasteiger partial charge on any atom is 0.165 e. The fourth-order valence-electron chi connectivity index (χ4n) is 3.91. The number of para-hydroxylation sites is 1. The van der Waals surface area contributed by atoms with Crippen LogP contribution >= 0.6 is 0 Å². The van der Waals surface area contributed by atoms with Gasteiger partial charge in [-0.2, -0.15) is 0 Å². The largest absolute Gasteiger partial charge is 0.486 e. The number of ether oxygens (including phenoxy) is 2. The first-order chi connectivity index (χ1) is 11.8. The monoisotopic (exact) mass is 324 g/mol. The third kappa shape index (κ3) is 2.99. The lowest BCUT2D eigenvalue weighted by molar-refractivity contribution is 0.167. The fourth-order valence-corrected chi connectivity index (χ4v) is 3.91. The molecule has 2 atom stereocenters. The van der Waals surface area contributed by atoms with Gasteiger partial charge in [0.2, 0.25) is 0 Å². The van der Waals surface area contributed by atoms with Crippen molar-refractivity contribution < 1.29 is 9.47 Å². The summed E-state index contributed by atoms with van der Waals surface area (Å²) in [5, 5.41) is 0. The van der Waals surface area contributed by atoms with E-state index in [1.165, 1.54) is 11.1 Å². The van der Waals surface area contributed by atoms with Crippen LogP contribution in [0.15, 0.2) is 48.5 Å². The quantitative estimate of drug-likeness (QED) is 0.939. The van der Waals surface area contributed by atoms with E-state index >= 15 is 0 Å². The van der Waals surface area contributed by atoms with E-state index in [0.717, 1.165) is 37.7 Å². The number of benzene rings is 2. The number of hydrogen-bond donors (Lipinski definition) is 1. The summed E-state index contributed by atoms with van der Waals surface area (Å²) in [6, 6.07) is 16.9. The third-order valence-electron chi connectivity index (χ3n) is 5.09. The van der Waals surface area contributed by atoms with E-state index in [2.05, 4.69) is 41.3 Å². The molecule has 2 aliphatic rings. The van der Waals surface area contributed by atoms with Crippen LogP contribution in [-0.2, 0) is 6.54 Å². The molecule has 0 spiro atoms. The van der Waals surface area contributed by atoms with Gasteiger partial charge in [0.25, 0.3) is 0 Å². The van der Waals surface area contributed by atoms with Crippen molar-refractivity contribution in [3.05, 3.63) is 59.7 Å². The minimum Gasteiger partial charge on any atom is -0.486 e. The summed E-state index contributed by atoms with van der Waals surface area (Å²) >= 11 is 0. The minimum atomic E-state index is 0.504. The highest BCUT2D eigenvalue weighted by Gasteiger charge is 2.33. The molecule has 0 saturated carbocycles. The zero-order chi connectivity index (χ0) is 16.4. The van der Waals surface area contributed by atoms with Crippen molar-refractivity contribution in [1.82, 2.24) is 4.90 Å². The smallest absolute Gasteiger partial charge is 0.165 e. The first-order valence-electron chi connectivity index (χ1n) is 8.70. The molecule has 0 aromatic heterocycles. The van der Waals surface area contributed by atoms with Gasteiger partial charge < -0.3 is 15.2 Å². The van der Waals surface area contributed by atoms with Crippen molar-refractivity contribution >= 4 is 0 Å². The van der Waals surface area contributed by atoms with E-state index < -0.39 is 0 Å². The Hall–Kier alpha value is -2.04. The SMILES string of the molecule is NC[C@@H]1CN(Cc2cccc3c2OCCO3)C[C@H]1c1ccccc1. The number of hydrogen-bond acceptors (Lipinski definition) is 4. The van der Waals surface area contributed by atoms with Crippen LogP contribution in [0.3, 0.4) is 0 Å². The van der Waals surface area contributed by atoms with Crippen molar-refractivity contribution in [3.63, 3.8) is 0 Å². The van der Waals surface area contributed by atoms with Crippen molar-refractivity contribution in [1.29, 1.82) is 0 Å². The van der Waals surface area contributed by atoms with Crippen LogP contribution in [-0.4, -0.2) is 37.7 Å². The Labute approximate surface area is 143 Å². The second-order valence-electron chi connectivity index (χ2n) is 6.65. The Morgan fingerprint density at radius 1 is 0.958 bits per heavy atom. The topological polar surface area (TPSA) is 47.7 Å². The summed E-state index contributed by atoms with van der Waals surface area (Å²) < 4.78 is 11.6. The van der Waals surface area contributed by atoms with Gasteiger partial charge in [-0.3, -0.25) is 4.90 Å². The van der Waals surface area contributed by atoms with Crippen molar-refractivity contribution in [3.8, 4) is 11.5 Å². The van der Waals surface area contributed by atoms with Crippen LogP contribution in [0, 0.1) is 5.92 Å². The molecule has 0 amide bonds. The Kier molecular flexibility index (Phi) is 4.41. The van der Waals surface area contributed by atoms with Gasteiger partial charge in [0, 0.05) is 31.1 Å². The van der Waals surface area contributed by atoms with Crippen molar-refractivity contribution in [2.45, 2.75) is 12.5 Å². The predicted molar refractivity (Wildman–Crippen MR) is 94.4 cm³/mol. The highest BCUT2D eigenvalue weighted by Crippen LogP contribution is 2.37. The molecule has 2 aromatic rings. The van der Waals surface area contributed by atoms with Gasteiger partial charge in [-0.25, -0.2) is 0 Å². The van der Waals surface area contributed by atoms with Gasteiger partial charge in [0.15, 0.2) is 11.5 Å². The molecule has 4 rings (SSSR count). The number of fused-ring (bicyclic) bond motifs is 1. The predicted octanol–water partition coefficient (Wildman–Crippen LogP) is 2.63. The first kappa shape index (κ1) is 15.5. The molecular weight excluding hydrogens is 300 g/mol. The Bertz CT molecular complexity index is 689. The Balaban J connectivity index is 1.52. The fraction of sp³-hybridized carbons (Fsp3) is 0.400. The zero-order valence-electron chi connectivity index (χ0n) is 13.9. The van der Waals surface area contributed by atoms with E-state index in [9.17, 15) is 0 Å². The van der Waals surface area contributed by atoms with Gasteiger partial charge >= 0.3 is 0 Å². The van der Waals surface area contributed by atoms with Crippen molar-refractivity contribution in [2.75, 3.05) is 32.8 Å². The normalized spacial score (nSPS) is 23.4. The van der Waals surface area contributed by atoms with Gasteiger partial charge in [0.1, 0.15) is 13.2 Å². The molecule has 0 aliphatic carbocycles. The lowest BCUT2D eigenvalue weighted by Gasteiger charge is -2.23.